The van der Waals surface area contributed by atoms with Gasteiger partial charge in [-0.25, -0.2) is 4.79 Å². The second-order valence-electron chi connectivity index (χ2n) is 3.84. The first-order valence-electron chi connectivity index (χ1n) is 5.18. The summed E-state index contributed by atoms with van der Waals surface area (Å²) in [6.07, 6.45) is 1.68. The van der Waals surface area contributed by atoms with Gasteiger partial charge in [-0.2, -0.15) is 0 Å². The minimum absolute atomic E-state index is 0.0692. The summed E-state index contributed by atoms with van der Waals surface area (Å²) >= 11 is 0. The summed E-state index contributed by atoms with van der Waals surface area (Å²) in [5, 5.41) is 8.81. The first kappa shape index (κ1) is 12.3. The van der Waals surface area contributed by atoms with Crippen molar-refractivity contribution in [2.45, 2.75) is 26.9 Å². The van der Waals surface area contributed by atoms with E-state index in [4.69, 9.17) is 9.84 Å². The molecule has 0 amide bonds. The Labute approximate surface area is 95.4 Å². The maximum atomic E-state index is 10.7. The first-order valence-corrected chi connectivity index (χ1v) is 5.18. The molecule has 3 heteroatoms. The van der Waals surface area contributed by atoms with Crippen molar-refractivity contribution in [2.24, 2.45) is 0 Å². The Balaban J connectivity index is 3.04. The molecule has 0 bridgehead atoms. The predicted octanol–water partition coefficient (Wildman–Crippen LogP) is 2.96. The van der Waals surface area contributed by atoms with Gasteiger partial charge in [0.1, 0.15) is 5.75 Å². The van der Waals surface area contributed by atoms with Crippen molar-refractivity contribution in [2.75, 3.05) is 0 Å². The number of ether oxygens (including phenoxy) is 1. The minimum atomic E-state index is -0.917. The summed E-state index contributed by atoms with van der Waals surface area (Å²) in [6, 6.07) is 7.39. The Morgan fingerprint density at radius 3 is 2.56 bits per heavy atom. The largest absolute Gasteiger partial charge is 0.490 e. The van der Waals surface area contributed by atoms with Crippen LogP contribution in [-0.2, 0) is 4.79 Å². The highest BCUT2D eigenvalue weighted by atomic mass is 16.5. The molecule has 0 heterocycles. The van der Waals surface area contributed by atoms with Crippen LogP contribution in [0.5, 0.6) is 5.75 Å². The summed E-state index contributed by atoms with van der Waals surface area (Å²) in [4.78, 5) is 10.7. The number of benzene rings is 1. The van der Waals surface area contributed by atoms with Gasteiger partial charge in [-0.3, -0.25) is 0 Å². The Bertz CT molecular complexity index is 405. The summed E-state index contributed by atoms with van der Waals surface area (Å²) in [5.41, 5.74) is 1.08. The van der Waals surface area contributed by atoms with Gasteiger partial charge in [-0.1, -0.05) is 18.2 Å². The molecular formula is C13H16O3. The number of carbonyl (C=O) groups is 1. The predicted molar refractivity (Wildman–Crippen MR) is 63.5 cm³/mol. The van der Waals surface area contributed by atoms with Crippen LogP contribution >= 0.6 is 0 Å². The summed E-state index contributed by atoms with van der Waals surface area (Å²) in [6.45, 7) is 5.43. The third-order valence-electron chi connectivity index (χ3n) is 1.99. The van der Waals surface area contributed by atoms with Crippen LogP contribution in [0.25, 0.3) is 6.08 Å². The summed E-state index contributed by atoms with van der Waals surface area (Å²) < 4.78 is 5.59. The molecule has 0 fully saturated rings. The number of hydrogen-bond acceptors (Lipinski definition) is 2. The monoisotopic (exact) mass is 220 g/mol. The van der Waals surface area contributed by atoms with Crippen LogP contribution in [0, 0.1) is 0 Å². The van der Waals surface area contributed by atoms with Crippen LogP contribution in [0.3, 0.4) is 0 Å². The van der Waals surface area contributed by atoms with E-state index >= 15 is 0 Å². The van der Waals surface area contributed by atoms with Crippen LogP contribution in [0.1, 0.15) is 26.3 Å². The van der Waals surface area contributed by atoms with Gasteiger partial charge in [0, 0.05) is 11.1 Å². The molecule has 1 N–H and O–H groups in total. The highest BCUT2D eigenvalue weighted by Crippen LogP contribution is 2.22. The van der Waals surface area contributed by atoms with E-state index < -0.39 is 5.97 Å². The van der Waals surface area contributed by atoms with Crippen molar-refractivity contribution in [1.82, 2.24) is 0 Å². The summed E-state index contributed by atoms with van der Waals surface area (Å²) in [7, 11) is 0. The van der Waals surface area contributed by atoms with Gasteiger partial charge in [0.05, 0.1) is 6.10 Å². The quantitative estimate of drug-likeness (QED) is 0.793. The normalized spacial score (nSPS) is 11.6. The van der Waals surface area contributed by atoms with Crippen LogP contribution in [0.2, 0.25) is 0 Å². The molecule has 1 rings (SSSR count). The number of para-hydroxylation sites is 1. The molecule has 0 unspecified atom stereocenters. The van der Waals surface area contributed by atoms with Crippen LogP contribution in [0.4, 0.5) is 0 Å². The van der Waals surface area contributed by atoms with Crippen LogP contribution < -0.4 is 4.74 Å². The highest BCUT2D eigenvalue weighted by Gasteiger charge is 2.05. The van der Waals surface area contributed by atoms with Crippen molar-refractivity contribution in [1.29, 1.82) is 0 Å². The van der Waals surface area contributed by atoms with Crippen molar-refractivity contribution >= 4 is 12.0 Å². The molecule has 0 aliphatic heterocycles. The molecule has 3 nitrogen and oxygen atoms in total. The number of carboxylic acids is 1. The lowest BCUT2D eigenvalue weighted by Crippen LogP contribution is -2.06. The molecule has 1 aromatic carbocycles. The van der Waals surface area contributed by atoms with E-state index in [0.717, 1.165) is 5.56 Å². The lowest BCUT2D eigenvalue weighted by atomic mass is 10.1. The molecular weight excluding hydrogens is 204 g/mol. The zero-order chi connectivity index (χ0) is 12.1. The second-order valence-corrected chi connectivity index (χ2v) is 3.84. The van der Waals surface area contributed by atoms with E-state index in [1.165, 1.54) is 0 Å². The van der Waals surface area contributed by atoms with Crippen LogP contribution in [-0.4, -0.2) is 17.2 Å². The molecule has 86 valence electrons. The SMILES string of the molecule is CC(=Cc1ccccc1OC(C)C)C(=O)O. The average Bonchev–Trinajstić information content (AvgIpc) is 2.20. The Morgan fingerprint density at radius 2 is 2.00 bits per heavy atom. The third kappa shape index (κ3) is 3.42. The molecule has 0 spiro atoms. The van der Waals surface area contributed by atoms with Gasteiger partial charge in [0.25, 0.3) is 0 Å². The third-order valence-corrected chi connectivity index (χ3v) is 1.99. The van der Waals surface area contributed by atoms with Crippen molar-refractivity contribution in [3.8, 4) is 5.75 Å². The Kier molecular flexibility index (Phi) is 4.11. The molecule has 0 radical (unpaired) electrons. The summed E-state index contributed by atoms with van der Waals surface area (Å²) in [5.74, 6) is -0.211. The molecule has 16 heavy (non-hydrogen) atoms. The van der Waals surface area contributed by atoms with Gasteiger partial charge >= 0.3 is 5.97 Å². The van der Waals surface area contributed by atoms with Gasteiger partial charge in [-0.05, 0) is 32.9 Å². The molecule has 0 atom stereocenters. The zero-order valence-electron chi connectivity index (χ0n) is 9.73. The fourth-order valence-corrected chi connectivity index (χ4v) is 1.26. The molecule has 0 saturated heterocycles. The van der Waals surface area contributed by atoms with Gasteiger partial charge in [0.2, 0.25) is 0 Å². The van der Waals surface area contributed by atoms with Crippen molar-refractivity contribution < 1.29 is 14.6 Å². The first-order chi connectivity index (χ1) is 7.50. The smallest absolute Gasteiger partial charge is 0.331 e. The minimum Gasteiger partial charge on any atom is -0.490 e. The zero-order valence-corrected chi connectivity index (χ0v) is 9.73. The number of hydrogen-bond donors (Lipinski definition) is 1. The number of carboxylic acid groups (broad SMARTS) is 1. The maximum Gasteiger partial charge on any atom is 0.331 e. The van der Waals surface area contributed by atoms with Gasteiger partial charge in [0.15, 0.2) is 0 Å². The van der Waals surface area contributed by atoms with Gasteiger partial charge in [-0.15, -0.1) is 0 Å². The number of aliphatic carboxylic acids is 1. The van der Waals surface area contributed by atoms with E-state index in [2.05, 4.69) is 0 Å². The molecule has 0 aromatic heterocycles. The highest BCUT2D eigenvalue weighted by molar-refractivity contribution is 5.91. The van der Waals surface area contributed by atoms with Crippen molar-refractivity contribution in [3.63, 3.8) is 0 Å². The van der Waals surface area contributed by atoms with E-state index in [-0.39, 0.29) is 6.10 Å². The standard InChI is InChI=1S/C13H16O3/c1-9(2)16-12-7-5-4-6-11(12)8-10(3)13(14)15/h4-9H,1-3H3,(H,14,15). The van der Waals surface area contributed by atoms with E-state index in [9.17, 15) is 4.79 Å². The molecule has 0 saturated carbocycles. The Morgan fingerprint density at radius 1 is 1.38 bits per heavy atom. The lowest BCUT2D eigenvalue weighted by molar-refractivity contribution is -0.132. The van der Waals surface area contributed by atoms with Crippen molar-refractivity contribution in [3.05, 3.63) is 35.4 Å². The van der Waals surface area contributed by atoms with E-state index in [1.807, 2.05) is 38.1 Å². The molecule has 1 aromatic rings. The van der Waals surface area contributed by atoms with Gasteiger partial charge < -0.3 is 9.84 Å². The number of rotatable bonds is 4. The van der Waals surface area contributed by atoms with E-state index in [1.54, 1.807) is 13.0 Å². The molecule has 0 aliphatic carbocycles. The van der Waals surface area contributed by atoms with Crippen LogP contribution in [0.15, 0.2) is 29.8 Å². The molecule has 0 aliphatic rings. The maximum absolute atomic E-state index is 10.7. The van der Waals surface area contributed by atoms with E-state index in [0.29, 0.717) is 11.3 Å². The Hall–Kier alpha value is -1.77. The fourth-order valence-electron chi connectivity index (χ4n) is 1.26. The fraction of sp³-hybridized carbons (Fsp3) is 0.308. The average molecular weight is 220 g/mol. The second kappa shape index (κ2) is 5.35. The lowest BCUT2D eigenvalue weighted by Gasteiger charge is -2.12. The topological polar surface area (TPSA) is 46.5 Å².